The number of esters is 1. The van der Waals surface area contributed by atoms with E-state index in [1.54, 1.807) is 4.90 Å². The van der Waals surface area contributed by atoms with Crippen LogP contribution < -0.4 is 0 Å². The fraction of sp³-hybridized carbons (Fsp3) is 0.292. The number of carbonyl (C=O) groups excluding carboxylic acids is 3. The Morgan fingerprint density at radius 1 is 0.968 bits per heavy atom. The molecule has 7 nitrogen and oxygen atoms in total. The van der Waals surface area contributed by atoms with Crippen molar-refractivity contribution in [3.05, 3.63) is 83.9 Å². The number of likely N-dealkylation sites (tertiary alicyclic amines) is 1. The predicted molar refractivity (Wildman–Crippen MR) is 113 cm³/mol. The van der Waals surface area contributed by atoms with Gasteiger partial charge in [0.1, 0.15) is 6.61 Å². The monoisotopic (exact) mass is 423 g/mol. The molecule has 162 valence electrons. The lowest BCUT2D eigenvalue weighted by molar-refractivity contribution is -0.158. The molecule has 1 aliphatic rings. The Bertz CT molecular complexity index is 928. The average Bonchev–Trinajstić information content (AvgIpc) is 2.81. The zero-order valence-corrected chi connectivity index (χ0v) is 17.4. The van der Waals surface area contributed by atoms with Gasteiger partial charge in [-0.3, -0.25) is 4.79 Å². The second-order valence-corrected chi connectivity index (χ2v) is 7.18. The second kappa shape index (κ2) is 10.4. The van der Waals surface area contributed by atoms with Crippen LogP contribution in [0.3, 0.4) is 0 Å². The molecular weight excluding hydrogens is 398 g/mol. The van der Waals surface area contributed by atoms with E-state index in [1.807, 2.05) is 60.7 Å². The molecule has 0 radical (unpaired) electrons. The van der Waals surface area contributed by atoms with Gasteiger partial charge in [-0.05, 0) is 17.5 Å². The molecule has 2 atom stereocenters. The summed E-state index contributed by atoms with van der Waals surface area (Å²) in [5, 5.41) is 0. The highest BCUT2D eigenvalue weighted by molar-refractivity contribution is 5.96. The molecule has 0 bridgehead atoms. The lowest BCUT2D eigenvalue weighted by atomic mass is 9.80. The van der Waals surface area contributed by atoms with Gasteiger partial charge in [-0.15, -0.1) is 0 Å². The molecule has 2 aromatic carbocycles. The molecule has 1 saturated heterocycles. The molecule has 3 rings (SSSR count). The first kappa shape index (κ1) is 22.1. The normalized spacial score (nSPS) is 17.5. The summed E-state index contributed by atoms with van der Waals surface area (Å²) < 4.78 is 15.0. The van der Waals surface area contributed by atoms with Crippen molar-refractivity contribution in [3.63, 3.8) is 0 Å². The van der Waals surface area contributed by atoms with Gasteiger partial charge in [-0.1, -0.05) is 67.2 Å². The Hall–Kier alpha value is -3.61. The van der Waals surface area contributed by atoms with Crippen LogP contribution in [0.25, 0.3) is 0 Å². The fourth-order valence-electron chi connectivity index (χ4n) is 3.57. The van der Waals surface area contributed by atoms with E-state index >= 15 is 0 Å². The van der Waals surface area contributed by atoms with Crippen molar-refractivity contribution >= 4 is 18.0 Å². The predicted octanol–water partition coefficient (Wildman–Crippen LogP) is 3.49. The van der Waals surface area contributed by atoms with E-state index < -0.39 is 24.1 Å². The van der Waals surface area contributed by atoms with Crippen molar-refractivity contribution in [2.75, 3.05) is 13.7 Å². The Labute approximate surface area is 181 Å². The molecule has 1 fully saturated rings. The van der Waals surface area contributed by atoms with Crippen molar-refractivity contribution in [2.45, 2.75) is 25.6 Å². The van der Waals surface area contributed by atoms with Crippen LogP contribution in [-0.2, 0) is 37.0 Å². The molecule has 2 aromatic rings. The highest BCUT2D eigenvalue weighted by Gasteiger charge is 2.49. The van der Waals surface area contributed by atoms with E-state index in [2.05, 4.69) is 6.58 Å². The highest BCUT2D eigenvalue weighted by atomic mass is 16.7. The number of nitrogens with zero attached hydrogens (tertiary/aromatic N) is 1. The zero-order chi connectivity index (χ0) is 22.2. The Kier molecular flexibility index (Phi) is 7.43. The summed E-state index contributed by atoms with van der Waals surface area (Å²) in [4.78, 5) is 38.2. The molecule has 0 aliphatic carbocycles. The molecule has 0 saturated carbocycles. The van der Waals surface area contributed by atoms with Gasteiger partial charge in [0.2, 0.25) is 5.91 Å². The minimum Gasteiger partial charge on any atom is -0.466 e. The molecule has 0 aromatic heterocycles. The van der Waals surface area contributed by atoms with Gasteiger partial charge < -0.3 is 19.1 Å². The van der Waals surface area contributed by atoms with Gasteiger partial charge in [0, 0.05) is 6.54 Å². The molecule has 1 heterocycles. The molecule has 1 aliphatic heterocycles. The van der Waals surface area contributed by atoms with E-state index in [9.17, 15) is 14.4 Å². The minimum absolute atomic E-state index is 0.00579. The van der Waals surface area contributed by atoms with E-state index in [0.717, 1.165) is 11.1 Å². The first-order valence-corrected chi connectivity index (χ1v) is 9.96. The quantitative estimate of drug-likeness (QED) is 0.349. The summed E-state index contributed by atoms with van der Waals surface area (Å²) in [5.41, 5.74) is 1.99. The maximum Gasteiger partial charge on any atom is 0.508 e. The molecule has 0 N–H and O–H groups in total. The summed E-state index contributed by atoms with van der Waals surface area (Å²) in [5.74, 6) is -1.21. The summed E-state index contributed by atoms with van der Waals surface area (Å²) in [6.45, 7) is 4.29. The summed E-state index contributed by atoms with van der Waals surface area (Å²) in [6.07, 6.45) is -0.550. The van der Waals surface area contributed by atoms with E-state index in [-0.39, 0.29) is 31.1 Å². The zero-order valence-electron chi connectivity index (χ0n) is 17.4. The number of hydrogen-bond acceptors (Lipinski definition) is 6. The van der Waals surface area contributed by atoms with E-state index in [4.69, 9.17) is 14.2 Å². The molecule has 2 unspecified atom stereocenters. The van der Waals surface area contributed by atoms with Crippen LogP contribution in [0.5, 0.6) is 0 Å². The van der Waals surface area contributed by atoms with Gasteiger partial charge in [-0.2, -0.15) is 0 Å². The molecule has 7 heteroatoms. The maximum atomic E-state index is 12.7. The van der Waals surface area contributed by atoms with Gasteiger partial charge in [-0.25, -0.2) is 9.59 Å². The van der Waals surface area contributed by atoms with Crippen LogP contribution in [0, 0.1) is 5.92 Å². The lowest BCUT2D eigenvalue weighted by Gasteiger charge is -2.47. The van der Waals surface area contributed by atoms with Crippen LogP contribution in [-0.4, -0.2) is 42.7 Å². The number of β-lactam (4-membered cyclic amide) rings is 1. The Morgan fingerprint density at radius 3 is 2.19 bits per heavy atom. The topological polar surface area (TPSA) is 82.1 Å². The van der Waals surface area contributed by atoms with Crippen LogP contribution in [0.4, 0.5) is 4.79 Å². The smallest absolute Gasteiger partial charge is 0.466 e. The van der Waals surface area contributed by atoms with Crippen molar-refractivity contribution in [1.29, 1.82) is 0 Å². The molecule has 31 heavy (non-hydrogen) atoms. The average molecular weight is 423 g/mol. The van der Waals surface area contributed by atoms with Crippen LogP contribution >= 0.6 is 0 Å². The maximum absolute atomic E-state index is 12.7. The number of carbonyl (C=O) groups is 3. The number of benzene rings is 2. The van der Waals surface area contributed by atoms with E-state index in [0.29, 0.717) is 6.54 Å². The Morgan fingerprint density at radius 2 is 1.58 bits per heavy atom. The van der Waals surface area contributed by atoms with Crippen molar-refractivity contribution < 1.29 is 28.6 Å². The van der Waals surface area contributed by atoms with Gasteiger partial charge >= 0.3 is 12.1 Å². The summed E-state index contributed by atoms with van der Waals surface area (Å²) in [6, 6.07) is 18.2. The first-order valence-electron chi connectivity index (χ1n) is 9.96. The molecule has 1 amide bonds. The van der Waals surface area contributed by atoms with Crippen molar-refractivity contribution in [2.24, 2.45) is 5.92 Å². The number of amides is 1. The Balaban J connectivity index is 1.54. The number of rotatable bonds is 9. The third-order valence-electron chi connectivity index (χ3n) is 5.17. The van der Waals surface area contributed by atoms with Crippen molar-refractivity contribution in [3.8, 4) is 0 Å². The van der Waals surface area contributed by atoms with Gasteiger partial charge in [0.05, 0.1) is 31.2 Å². The number of hydrogen-bond donors (Lipinski definition) is 0. The van der Waals surface area contributed by atoms with Crippen LogP contribution in [0.2, 0.25) is 0 Å². The first-order chi connectivity index (χ1) is 15.0. The fourth-order valence-corrected chi connectivity index (χ4v) is 3.57. The van der Waals surface area contributed by atoms with E-state index in [1.165, 1.54) is 7.11 Å². The standard InChI is InChI=1S/C24H25NO6/c1-17(23(27)29-2)21-20(22(26)25(21)15-18-9-5-3-6-10-18)13-14-30-24(28)31-16-19-11-7-4-8-12-19/h3-12,20-21H,1,13-16H2,2H3. The number of methoxy groups -OCH3 is 1. The number of ether oxygens (including phenoxy) is 3. The molecular formula is C24H25NO6. The third kappa shape index (κ3) is 5.51. The van der Waals surface area contributed by atoms with Crippen molar-refractivity contribution in [1.82, 2.24) is 4.90 Å². The van der Waals surface area contributed by atoms with Crippen LogP contribution in [0.1, 0.15) is 17.5 Å². The summed E-state index contributed by atoms with van der Waals surface area (Å²) in [7, 11) is 1.27. The van der Waals surface area contributed by atoms with Gasteiger partial charge in [0.25, 0.3) is 0 Å². The SMILES string of the molecule is C=C(C(=O)OC)C1C(CCOC(=O)OCc2ccccc2)C(=O)N1Cc1ccccc1. The molecule has 0 spiro atoms. The van der Waals surface area contributed by atoms with Crippen LogP contribution in [0.15, 0.2) is 72.8 Å². The summed E-state index contributed by atoms with van der Waals surface area (Å²) >= 11 is 0. The third-order valence-corrected chi connectivity index (χ3v) is 5.17. The largest absolute Gasteiger partial charge is 0.508 e. The highest BCUT2D eigenvalue weighted by Crippen LogP contribution is 2.35. The lowest BCUT2D eigenvalue weighted by Crippen LogP contribution is -2.62. The van der Waals surface area contributed by atoms with Gasteiger partial charge in [0.15, 0.2) is 0 Å². The minimum atomic E-state index is -0.805. The second-order valence-electron chi connectivity index (χ2n) is 7.18.